The minimum absolute atomic E-state index is 0.0240. The maximum Gasteiger partial charge on any atom is 0.110 e. The molecule has 2 rings (SSSR count). The van der Waals surface area contributed by atoms with Crippen LogP contribution in [0.5, 0.6) is 0 Å². The van der Waals surface area contributed by atoms with Gasteiger partial charge >= 0.3 is 0 Å². The Morgan fingerprint density at radius 2 is 2.28 bits per heavy atom. The second-order valence-corrected chi connectivity index (χ2v) is 5.80. The van der Waals surface area contributed by atoms with Gasteiger partial charge in [0.05, 0.1) is 0 Å². The summed E-state index contributed by atoms with van der Waals surface area (Å²) < 4.78 is 2.27. The first-order valence-electron chi connectivity index (χ1n) is 7.48. The van der Waals surface area contributed by atoms with E-state index in [1.165, 1.54) is 31.5 Å². The number of aromatic nitrogens is 2. The molecule has 2 unspecified atom stereocenters. The molecule has 0 radical (unpaired) electrons. The molecular formula is C15H27N3. The van der Waals surface area contributed by atoms with E-state index >= 15 is 0 Å². The smallest absolute Gasteiger partial charge is 0.110 e. The van der Waals surface area contributed by atoms with Crippen LogP contribution in [0.4, 0.5) is 0 Å². The van der Waals surface area contributed by atoms with Crippen molar-refractivity contribution in [2.45, 2.75) is 70.9 Å². The largest absolute Gasteiger partial charge is 0.335 e. The monoisotopic (exact) mass is 249 g/mol. The average molecular weight is 249 g/mol. The van der Waals surface area contributed by atoms with E-state index in [1.54, 1.807) is 0 Å². The summed E-state index contributed by atoms with van der Waals surface area (Å²) in [4.78, 5) is 4.53. The van der Waals surface area contributed by atoms with Crippen LogP contribution in [0.3, 0.4) is 0 Å². The molecule has 3 heteroatoms. The van der Waals surface area contributed by atoms with E-state index in [4.69, 9.17) is 5.73 Å². The molecule has 0 aliphatic heterocycles. The molecule has 1 aliphatic rings. The molecule has 1 fully saturated rings. The number of hydrogen-bond acceptors (Lipinski definition) is 2. The maximum absolute atomic E-state index is 6.72. The zero-order valence-electron chi connectivity index (χ0n) is 11.9. The lowest BCUT2D eigenvalue weighted by atomic mass is 9.70. The Bertz CT molecular complexity index is 372. The third-order valence-electron chi connectivity index (χ3n) is 4.50. The number of imidazole rings is 1. The van der Waals surface area contributed by atoms with Crippen molar-refractivity contribution in [3.8, 4) is 0 Å². The van der Waals surface area contributed by atoms with Crippen molar-refractivity contribution in [1.29, 1.82) is 0 Å². The van der Waals surface area contributed by atoms with Gasteiger partial charge in [0.1, 0.15) is 5.82 Å². The van der Waals surface area contributed by atoms with E-state index in [0.717, 1.165) is 25.8 Å². The third kappa shape index (κ3) is 2.77. The first kappa shape index (κ1) is 13.6. The third-order valence-corrected chi connectivity index (χ3v) is 4.50. The summed E-state index contributed by atoms with van der Waals surface area (Å²) in [6, 6.07) is 0. The molecule has 0 bridgehead atoms. The van der Waals surface area contributed by atoms with Crippen molar-refractivity contribution in [1.82, 2.24) is 9.55 Å². The predicted molar refractivity (Wildman–Crippen MR) is 75.4 cm³/mol. The fourth-order valence-electron chi connectivity index (χ4n) is 3.43. The quantitative estimate of drug-likeness (QED) is 0.871. The Morgan fingerprint density at radius 1 is 1.44 bits per heavy atom. The van der Waals surface area contributed by atoms with Gasteiger partial charge in [0.2, 0.25) is 0 Å². The second kappa shape index (κ2) is 5.87. The zero-order chi connectivity index (χ0) is 13.0. The van der Waals surface area contributed by atoms with Crippen LogP contribution in [0, 0.1) is 5.92 Å². The maximum atomic E-state index is 6.72. The molecule has 3 nitrogen and oxygen atoms in total. The van der Waals surface area contributed by atoms with E-state index in [0.29, 0.717) is 5.92 Å². The summed E-state index contributed by atoms with van der Waals surface area (Å²) in [5.41, 5.74) is 6.69. The Kier molecular flexibility index (Phi) is 4.44. The van der Waals surface area contributed by atoms with Gasteiger partial charge in [-0.05, 0) is 25.2 Å². The number of nitrogens with zero attached hydrogens (tertiary/aromatic N) is 2. The van der Waals surface area contributed by atoms with E-state index in [1.807, 2.05) is 6.20 Å². The van der Waals surface area contributed by atoms with Gasteiger partial charge in [-0.3, -0.25) is 0 Å². The molecule has 1 aliphatic carbocycles. The van der Waals surface area contributed by atoms with E-state index in [2.05, 4.69) is 29.6 Å². The highest BCUT2D eigenvalue weighted by Gasteiger charge is 2.37. The number of nitrogens with two attached hydrogens (primary N) is 1. The molecule has 2 N–H and O–H groups in total. The molecule has 0 saturated heterocycles. The lowest BCUT2D eigenvalue weighted by molar-refractivity contribution is 0.178. The molecule has 0 amide bonds. The van der Waals surface area contributed by atoms with Crippen LogP contribution < -0.4 is 5.73 Å². The first-order valence-corrected chi connectivity index (χ1v) is 7.48. The van der Waals surface area contributed by atoms with Crippen LogP contribution in [-0.2, 0) is 13.0 Å². The summed E-state index contributed by atoms with van der Waals surface area (Å²) in [6.45, 7) is 5.54. The Balaban J connectivity index is 2.12. The van der Waals surface area contributed by atoms with Gasteiger partial charge in [0, 0.05) is 30.9 Å². The van der Waals surface area contributed by atoms with Crippen LogP contribution in [0.1, 0.15) is 58.2 Å². The average Bonchev–Trinajstić information content (AvgIpc) is 2.77. The molecule has 0 spiro atoms. The molecule has 1 saturated carbocycles. The fourth-order valence-corrected chi connectivity index (χ4v) is 3.43. The van der Waals surface area contributed by atoms with Crippen molar-refractivity contribution >= 4 is 0 Å². The Morgan fingerprint density at radius 3 is 3.00 bits per heavy atom. The van der Waals surface area contributed by atoms with Gasteiger partial charge in [-0.25, -0.2) is 4.98 Å². The van der Waals surface area contributed by atoms with Crippen molar-refractivity contribution in [2.24, 2.45) is 11.7 Å². The summed E-state index contributed by atoms with van der Waals surface area (Å²) in [5, 5.41) is 0. The van der Waals surface area contributed by atoms with Gasteiger partial charge < -0.3 is 10.3 Å². The standard InChI is InChI=1S/C15H27N3/c1-3-10-18-11-9-17-14(18)12-15(16)8-6-5-7-13(15)4-2/h9,11,13H,3-8,10,12,16H2,1-2H3. The van der Waals surface area contributed by atoms with Crippen LogP contribution in [0.15, 0.2) is 12.4 Å². The van der Waals surface area contributed by atoms with Gasteiger partial charge in [0.25, 0.3) is 0 Å². The number of hydrogen-bond donors (Lipinski definition) is 1. The minimum atomic E-state index is -0.0240. The minimum Gasteiger partial charge on any atom is -0.335 e. The van der Waals surface area contributed by atoms with Gasteiger partial charge in [-0.2, -0.15) is 0 Å². The highest BCUT2D eigenvalue weighted by atomic mass is 15.1. The molecular weight excluding hydrogens is 222 g/mol. The summed E-state index contributed by atoms with van der Waals surface area (Å²) in [6.07, 6.45) is 12.4. The number of rotatable bonds is 5. The van der Waals surface area contributed by atoms with Crippen molar-refractivity contribution in [3.05, 3.63) is 18.2 Å². The lowest BCUT2D eigenvalue weighted by Crippen LogP contribution is -2.51. The zero-order valence-corrected chi connectivity index (χ0v) is 11.9. The van der Waals surface area contributed by atoms with Crippen molar-refractivity contribution < 1.29 is 0 Å². The molecule has 1 heterocycles. The van der Waals surface area contributed by atoms with Crippen LogP contribution in [0.2, 0.25) is 0 Å². The first-order chi connectivity index (χ1) is 8.69. The van der Waals surface area contributed by atoms with Gasteiger partial charge in [-0.15, -0.1) is 0 Å². The summed E-state index contributed by atoms with van der Waals surface area (Å²) in [7, 11) is 0. The normalized spacial score (nSPS) is 28.5. The molecule has 1 aromatic rings. The highest BCUT2D eigenvalue weighted by molar-refractivity contribution is 5.04. The summed E-state index contributed by atoms with van der Waals surface area (Å²) in [5.74, 6) is 1.85. The second-order valence-electron chi connectivity index (χ2n) is 5.80. The van der Waals surface area contributed by atoms with E-state index in [9.17, 15) is 0 Å². The highest BCUT2D eigenvalue weighted by Crippen LogP contribution is 2.36. The molecule has 2 atom stereocenters. The van der Waals surface area contributed by atoms with Gasteiger partial charge in [-0.1, -0.05) is 33.1 Å². The van der Waals surface area contributed by atoms with Crippen LogP contribution >= 0.6 is 0 Å². The molecule has 102 valence electrons. The Hall–Kier alpha value is -0.830. The fraction of sp³-hybridized carbons (Fsp3) is 0.800. The van der Waals surface area contributed by atoms with E-state index in [-0.39, 0.29) is 5.54 Å². The lowest BCUT2D eigenvalue weighted by Gasteiger charge is -2.41. The number of aryl methyl sites for hydroxylation is 1. The molecule has 18 heavy (non-hydrogen) atoms. The van der Waals surface area contributed by atoms with Crippen LogP contribution in [-0.4, -0.2) is 15.1 Å². The van der Waals surface area contributed by atoms with Crippen molar-refractivity contribution in [3.63, 3.8) is 0 Å². The topological polar surface area (TPSA) is 43.8 Å². The SMILES string of the molecule is CCCn1ccnc1CC1(N)CCCCC1CC. The molecule has 1 aromatic heterocycles. The predicted octanol–water partition coefficient (Wildman–Crippen LogP) is 3.13. The molecule has 0 aromatic carbocycles. The van der Waals surface area contributed by atoms with Crippen molar-refractivity contribution in [2.75, 3.05) is 0 Å². The summed E-state index contributed by atoms with van der Waals surface area (Å²) >= 11 is 0. The van der Waals surface area contributed by atoms with E-state index < -0.39 is 0 Å². The van der Waals surface area contributed by atoms with Crippen LogP contribution in [0.25, 0.3) is 0 Å². The Labute approximate surface area is 111 Å². The van der Waals surface area contributed by atoms with Gasteiger partial charge in [0.15, 0.2) is 0 Å².